The van der Waals surface area contributed by atoms with Gasteiger partial charge >= 0.3 is 11.9 Å². The lowest BCUT2D eigenvalue weighted by molar-refractivity contribution is 0.0441. The number of furan rings is 1. The molecule has 1 aromatic heterocycles. The van der Waals surface area contributed by atoms with E-state index in [9.17, 15) is 19.2 Å². The molecule has 0 aliphatic heterocycles. The third-order valence-electron chi connectivity index (χ3n) is 4.89. The van der Waals surface area contributed by atoms with Crippen LogP contribution in [-0.4, -0.2) is 30.6 Å². The van der Waals surface area contributed by atoms with E-state index in [1.54, 1.807) is 31.2 Å². The first kappa shape index (κ1) is 19.3. The normalized spacial score (nSPS) is 12.2. The molecule has 7 nitrogen and oxygen atoms in total. The van der Waals surface area contributed by atoms with Crippen molar-refractivity contribution in [2.75, 3.05) is 7.11 Å². The van der Waals surface area contributed by atoms with E-state index in [4.69, 9.17) is 9.15 Å². The average molecular weight is 404 g/mol. The molecule has 1 aliphatic carbocycles. The molecule has 150 valence electrons. The molecular formula is C23H16O7. The number of benzene rings is 2. The number of hydrogen-bond donors (Lipinski definition) is 0. The van der Waals surface area contributed by atoms with Gasteiger partial charge in [0.05, 0.1) is 12.7 Å². The van der Waals surface area contributed by atoms with Gasteiger partial charge < -0.3 is 13.9 Å². The Hall–Kier alpha value is -4.00. The molecule has 2 aromatic carbocycles. The maximum absolute atomic E-state index is 13.0. The molecular weight excluding hydrogens is 388 g/mol. The number of aryl methyl sites for hydroxylation is 1. The molecule has 0 bridgehead atoms. The first-order chi connectivity index (χ1) is 14.4. The van der Waals surface area contributed by atoms with E-state index in [-0.39, 0.29) is 46.0 Å². The van der Waals surface area contributed by atoms with Crippen LogP contribution in [-0.2, 0) is 16.1 Å². The Balaban J connectivity index is 1.62. The quantitative estimate of drug-likeness (QED) is 0.480. The fourth-order valence-electron chi connectivity index (χ4n) is 3.46. The summed E-state index contributed by atoms with van der Waals surface area (Å²) in [6, 6.07) is 12.4. The Morgan fingerprint density at radius 1 is 0.867 bits per heavy atom. The maximum Gasteiger partial charge on any atom is 0.341 e. The van der Waals surface area contributed by atoms with Crippen LogP contribution in [0.1, 0.15) is 64.1 Å². The summed E-state index contributed by atoms with van der Waals surface area (Å²) in [5.41, 5.74) is 0.975. The molecule has 0 spiro atoms. The smallest absolute Gasteiger partial charge is 0.341 e. The summed E-state index contributed by atoms with van der Waals surface area (Å²) < 4.78 is 15.4. The highest BCUT2D eigenvalue weighted by Crippen LogP contribution is 2.30. The number of carbonyl (C=O) groups excluding carboxylic acids is 4. The second kappa shape index (κ2) is 7.44. The van der Waals surface area contributed by atoms with Crippen molar-refractivity contribution in [3.05, 3.63) is 93.4 Å². The summed E-state index contributed by atoms with van der Waals surface area (Å²) in [6.45, 7) is 1.34. The van der Waals surface area contributed by atoms with Crippen LogP contribution in [0.15, 0.2) is 52.9 Å². The summed E-state index contributed by atoms with van der Waals surface area (Å²) >= 11 is 0. The van der Waals surface area contributed by atoms with Crippen LogP contribution >= 0.6 is 0 Å². The van der Waals surface area contributed by atoms with E-state index in [1.165, 1.54) is 31.4 Å². The maximum atomic E-state index is 13.0. The Kier molecular flexibility index (Phi) is 4.79. The van der Waals surface area contributed by atoms with Crippen LogP contribution < -0.4 is 0 Å². The van der Waals surface area contributed by atoms with Crippen LogP contribution in [0, 0.1) is 6.92 Å². The van der Waals surface area contributed by atoms with Gasteiger partial charge in [0.15, 0.2) is 11.6 Å². The minimum atomic E-state index is -0.777. The fraction of sp³-hybridized carbons (Fsp3) is 0.130. The molecule has 3 aromatic rings. The van der Waals surface area contributed by atoms with E-state index in [1.807, 2.05) is 0 Å². The van der Waals surface area contributed by atoms with Gasteiger partial charge in [-0.3, -0.25) is 9.59 Å². The minimum Gasteiger partial charge on any atom is -0.465 e. The molecule has 1 heterocycles. The van der Waals surface area contributed by atoms with Crippen LogP contribution in [0.4, 0.5) is 0 Å². The number of rotatable bonds is 4. The zero-order valence-corrected chi connectivity index (χ0v) is 16.2. The highest BCUT2D eigenvalue weighted by Gasteiger charge is 2.33. The molecule has 0 fully saturated rings. The molecule has 0 N–H and O–H groups in total. The van der Waals surface area contributed by atoms with Crippen LogP contribution in [0.5, 0.6) is 0 Å². The summed E-state index contributed by atoms with van der Waals surface area (Å²) in [5, 5.41) is 0. The Labute approximate surface area is 171 Å². The first-order valence-electron chi connectivity index (χ1n) is 9.08. The number of hydrogen-bond acceptors (Lipinski definition) is 7. The molecule has 7 heteroatoms. The Morgan fingerprint density at radius 2 is 1.53 bits per heavy atom. The van der Waals surface area contributed by atoms with Crippen LogP contribution in [0.2, 0.25) is 0 Å². The standard InChI is InChI=1S/C23H16O7/c1-12-18(22(26)28-2)10-13(30-12)11-29-23(27)17-9-5-8-16-19(17)21(25)15-7-4-3-6-14(15)20(16)24/h3-10H,11H2,1-2H3. The van der Waals surface area contributed by atoms with Crippen molar-refractivity contribution in [3.63, 3.8) is 0 Å². The molecule has 0 unspecified atom stereocenters. The van der Waals surface area contributed by atoms with Crippen molar-refractivity contribution < 1.29 is 33.1 Å². The van der Waals surface area contributed by atoms with E-state index in [0.29, 0.717) is 11.3 Å². The first-order valence-corrected chi connectivity index (χ1v) is 9.08. The van der Waals surface area contributed by atoms with Crippen molar-refractivity contribution in [2.24, 2.45) is 0 Å². The van der Waals surface area contributed by atoms with Crippen LogP contribution in [0.3, 0.4) is 0 Å². The van der Waals surface area contributed by atoms with E-state index in [0.717, 1.165) is 0 Å². The largest absolute Gasteiger partial charge is 0.465 e. The third-order valence-corrected chi connectivity index (χ3v) is 4.89. The molecule has 0 radical (unpaired) electrons. The Bertz CT molecular complexity index is 1220. The predicted octanol–water partition coefficient (Wildman–Crippen LogP) is 3.51. The minimum absolute atomic E-state index is 0.00294. The fourth-order valence-corrected chi connectivity index (χ4v) is 3.46. The van der Waals surface area contributed by atoms with Crippen molar-refractivity contribution in [1.82, 2.24) is 0 Å². The van der Waals surface area contributed by atoms with Gasteiger partial charge in [-0.1, -0.05) is 36.4 Å². The number of methoxy groups -OCH3 is 1. The predicted molar refractivity (Wildman–Crippen MR) is 104 cm³/mol. The molecule has 0 saturated heterocycles. The van der Waals surface area contributed by atoms with Gasteiger partial charge in [0.25, 0.3) is 0 Å². The summed E-state index contributed by atoms with van der Waals surface area (Å²) in [5.74, 6) is -1.48. The zero-order chi connectivity index (χ0) is 21.4. The second-order valence-electron chi connectivity index (χ2n) is 6.68. The summed E-state index contributed by atoms with van der Waals surface area (Å²) in [6.07, 6.45) is 0. The molecule has 30 heavy (non-hydrogen) atoms. The molecule has 1 aliphatic rings. The highest BCUT2D eigenvalue weighted by atomic mass is 16.5. The van der Waals surface area contributed by atoms with Crippen molar-refractivity contribution >= 4 is 23.5 Å². The van der Waals surface area contributed by atoms with E-state index >= 15 is 0 Å². The third kappa shape index (κ3) is 3.10. The van der Waals surface area contributed by atoms with Crippen molar-refractivity contribution in [2.45, 2.75) is 13.5 Å². The summed E-state index contributed by atoms with van der Waals surface area (Å²) in [4.78, 5) is 50.1. The second-order valence-corrected chi connectivity index (χ2v) is 6.68. The van der Waals surface area contributed by atoms with E-state index < -0.39 is 17.7 Å². The molecule has 4 rings (SSSR count). The molecule has 0 atom stereocenters. The van der Waals surface area contributed by atoms with Crippen molar-refractivity contribution in [1.29, 1.82) is 0 Å². The topological polar surface area (TPSA) is 99.9 Å². The zero-order valence-electron chi connectivity index (χ0n) is 16.2. The van der Waals surface area contributed by atoms with Crippen LogP contribution in [0.25, 0.3) is 0 Å². The van der Waals surface area contributed by atoms with Gasteiger partial charge in [-0.05, 0) is 19.1 Å². The van der Waals surface area contributed by atoms with Gasteiger partial charge in [-0.15, -0.1) is 0 Å². The average Bonchev–Trinajstić information content (AvgIpc) is 3.15. The number of esters is 2. The monoisotopic (exact) mass is 404 g/mol. The summed E-state index contributed by atoms with van der Waals surface area (Å²) in [7, 11) is 1.25. The van der Waals surface area contributed by atoms with Gasteiger partial charge in [-0.25, -0.2) is 9.59 Å². The van der Waals surface area contributed by atoms with E-state index in [2.05, 4.69) is 4.74 Å². The number of carbonyl (C=O) groups is 4. The highest BCUT2D eigenvalue weighted by molar-refractivity contribution is 6.30. The lowest BCUT2D eigenvalue weighted by atomic mass is 9.82. The van der Waals surface area contributed by atoms with Gasteiger partial charge in [0.2, 0.25) is 0 Å². The number of fused-ring (bicyclic) bond motifs is 2. The number of ether oxygens (including phenoxy) is 2. The van der Waals surface area contributed by atoms with Gasteiger partial charge in [0, 0.05) is 22.3 Å². The number of ketones is 2. The lowest BCUT2D eigenvalue weighted by Gasteiger charge is -2.19. The molecule has 0 amide bonds. The SMILES string of the molecule is COC(=O)c1cc(COC(=O)c2cccc3c2C(=O)c2ccccc2C3=O)oc1C. The Morgan fingerprint density at radius 3 is 2.23 bits per heavy atom. The molecule has 0 saturated carbocycles. The lowest BCUT2D eigenvalue weighted by Crippen LogP contribution is -2.24. The van der Waals surface area contributed by atoms with Crippen molar-refractivity contribution in [3.8, 4) is 0 Å². The van der Waals surface area contributed by atoms with Gasteiger partial charge in [0.1, 0.15) is 23.7 Å². The van der Waals surface area contributed by atoms with Gasteiger partial charge in [-0.2, -0.15) is 0 Å².